The van der Waals surface area contributed by atoms with Gasteiger partial charge in [0, 0.05) is 16.3 Å². The first-order chi connectivity index (χ1) is 14.5. The van der Waals surface area contributed by atoms with E-state index in [1.807, 2.05) is 25.1 Å². The molecule has 1 aromatic carbocycles. The third-order valence-electron chi connectivity index (χ3n) is 4.73. The Hall–Kier alpha value is -3.58. The zero-order valence-electron chi connectivity index (χ0n) is 16.1. The highest BCUT2D eigenvalue weighted by Gasteiger charge is 2.26. The number of carboxylic acid groups (broad SMARTS) is 1. The van der Waals surface area contributed by atoms with Crippen LogP contribution in [0.4, 0.5) is 0 Å². The van der Waals surface area contributed by atoms with Gasteiger partial charge in [0.15, 0.2) is 5.76 Å². The van der Waals surface area contributed by atoms with Crippen molar-refractivity contribution < 1.29 is 19.1 Å². The molecule has 0 atom stereocenters. The Labute approximate surface area is 176 Å². The number of carboxylic acids is 1. The van der Waals surface area contributed by atoms with Crippen molar-refractivity contribution in [3.63, 3.8) is 0 Å². The molecule has 0 spiro atoms. The van der Waals surface area contributed by atoms with E-state index in [1.165, 1.54) is 6.26 Å². The van der Waals surface area contributed by atoms with Gasteiger partial charge in [0.1, 0.15) is 12.2 Å². The number of hydrogen-bond donors (Lipinski definition) is 2. The van der Waals surface area contributed by atoms with Gasteiger partial charge in [0.05, 0.1) is 17.3 Å². The molecule has 152 valence electrons. The molecule has 0 aliphatic heterocycles. The summed E-state index contributed by atoms with van der Waals surface area (Å²) in [7, 11) is 0. The zero-order valence-corrected chi connectivity index (χ0v) is 16.8. The van der Waals surface area contributed by atoms with Crippen molar-refractivity contribution in [2.24, 2.45) is 0 Å². The van der Waals surface area contributed by atoms with Gasteiger partial charge in [-0.2, -0.15) is 5.10 Å². The molecule has 8 heteroatoms. The molecular formula is C22H18ClN3O4. The van der Waals surface area contributed by atoms with Crippen LogP contribution in [0.15, 0.2) is 59.2 Å². The molecule has 30 heavy (non-hydrogen) atoms. The molecule has 0 fully saturated rings. The summed E-state index contributed by atoms with van der Waals surface area (Å²) in [6.07, 6.45) is 2.23. The van der Waals surface area contributed by atoms with Crippen LogP contribution in [0.1, 0.15) is 23.0 Å². The van der Waals surface area contributed by atoms with Crippen LogP contribution in [0.5, 0.6) is 0 Å². The molecule has 3 heterocycles. The fourth-order valence-electron chi connectivity index (χ4n) is 3.43. The second-order valence-electron chi connectivity index (χ2n) is 6.64. The maximum atomic E-state index is 13.2. The van der Waals surface area contributed by atoms with Gasteiger partial charge in [0.25, 0.3) is 5.91 Å². The average molecular weight is 424 g/mol. The Bertz CT molecular complexity index is 1240. The monoisotopic (exact) mass is 423 g/mol. The lowest BCUT2D eigenvalue weighted by atomic mass is 9.97. The van der Waals surface area contributed by atoms with E-state index in [1.54, 1.807) is 34.8 Å². The summed E-state index contributed by atoms with van der Waals surface area (Å²) in [6, 6.07) is 14.4. The van der Waals surface area contributed by atoms with E-state index >= 15 is 0 Å². The topological polar surface area (TPSA) is 96.8 Å². The first-order valence-corrected chi connectivity index (χ1v) is 9.71. The smallest absolute Gasteiger partial charge is 0.322 e. The van der Waals surface area contributed by atoms with Crippen molar-refractivity contribution >= 4 is 29.0 Å². The molecule has 1 amide bonds. The molecule has 4 aromatic rings. The quantitative estimate of drug-likeness (QED) is 0.482. The number of nitrogens with one attached hydrogen (secondary N) is 1. The van der Waals surface area contributed by atoms with E-state index in [0.717, 1.165) is 12.1 Å². The van der Waals surface area contributed by atoms with E-state index < -0.39 is 18.4 Å². The molecule has 0 bridgehead atoms. The zero-order chi connectivity index (χ0) is 21.3. The van der Waals surface area contributed by atoms with E-state index in [9.17, 15) is 9.59 Å². The summed E-state index contributed by atoms with van der Waals surface area (Å²) in [5, 5.41) is 16.7. The summed E-state index contributed by atoms with van der Waals surface area (Å²) < 4.78 is 7.33. The third kappa shape index (κ3) is 3.55. The van der Waals surface area contributed by atoms with Gasteiger partial charge in [-0.25, -0.2) is 4.52 Å². The van der Waals surface area contributed by atoms with Gasteiger partial charge in [-0.1, -0.05) is 30.7 Å². The van der Waals surface area contributed by atoms with Crippen LogP contribution in [0.2, 0.25) is 5.02 Å². The maximum Gasteiger partial charge on any atom is 0.322 e. The summed E-state index contributed by atoms with van der Waals surface area (Å²) >= 11 is 6.23. The van der Waals surface area contributed by atoms with Gasteiger partial charge in [-0.15, -0.1) is 0 Å². The third-order valence-corrected chi connectivity index (χ3v) is 4.97. The lowest BCUT2D eigenvalue weighted by molar-refractivity contribution is -0.135. The van der Waals surface area contributed by atoms with Crippen LogP contribution < -0.4 is 5.32 Å². The lowest BCUT2D eigenvalue weighted by Crippen LogP contribution is -2.30. The van der Waals surface area contributed by atoms with Crippen LogP contribution >= 0.6 is 11.6 Å². The minimum atomic E-state index is -1.14. The highest BCUT2D eigenvalue weighted by molar-refractivity contribution is 6.31. The maximum absolute atomic E-state index is 13.2. The van der Waals surface area contributed by atoms with Gasteiger partial charge < -0.3 is 14.8 Å². The Morgan fingerprint density at radius 2 is 2.03 bits per heavy atom. The van der Waals surface area contributed by atoms with Crippen LogP contribution in [-0.2, 0) is 11.2 Å². The van der Waals surface area contributed by atoms with Crippen LogP contribution in [0.25, 0.3) is 28.1 Å². The summed E-state index contributed by atoms with van der Waals surface area (Å²) in [5.41, 5.74) is 3.52. The number of hydrogen-bond acceptors (Lipinski definition) is 4. The molecule has 0 aliphatic rings. The van der Waals surface area contributed by atoms with Gasteiger partial charge in [-0.05, 0) is 48.4 Å². The van der Waals surface area contributed by atoms with E-state index in [2.05, 4.69) is 10.4 Å². The van der Waals surface area contributed by atoms with Crippen molar-refractivity contribution in [1.29, 1.82) is 0 Å². The summed E-state index contributed by atoms with van der Waals surface area (Å²) in [6.45, 7) is 1.50. The Morgan fingerprint density at radius 1 is 1.20 bits per heavy atom. The Morgan fingerprint density at radius 3 is 2.70 bits per heavy atom. The second-order valence-corrected chi connectivity index (χ2v) is 7.07. The number of furan rings is 1. The highest BCUT2D eigenvalue weighted by Crippen LogP contribution is 2.36. The number of aliphatic carboxylic acids is 1. The van der Waals surface area contributed by atoms with E-state index in [4.69, 9.17) is 21.1 Å². The second kappa shape index (κ2) is 8.04. The standard InChI is InChI=1S/C22H18ClN3O4/c1-2-15-8-9-16-19(13-5-3-6-14(23)11-13)20(22(29)24-12-18(27)28)21(25-26(15)16)17-7-4-10-30-17/h3-11H,2,12H2,1H3,(H,24,29)(H,27,28). The summed E-state index contributed by atoms with van der Waals surface area (Å²) in [4.78, 5) is 24.2. The molecule has 0 saturated carbocycles. The molecule has 0 unspecified atom stereocenters. The fourth-order valence-corrected chi connectivity index (χ4v) is 3.62. The van der Waals surface area contributed by atoms with Gasteiger partial charge in [-0.3, -0.25) is 9.59 Å². The molecule has 4 rings (SSSR count). The number of carbonyl (C=O) groups excluding carboxylic acids is 1. The number of carbonyl (C=O) groups is 2. The predicted octanol–water partition coefficient (Wildman–Crippen LogP) is 4.29. The predicted molar refractivity (Wildman–Crippen MR) is 113 cm³/mol. The Balaban J connectivity index is 2.08. The van der Waals surface area contributed by atoms with Crippen LogP contribution in [0.3, 0.4) is 0 Å². The Kier molecular flexibility index (Phi) is 5.29. The lowest BCUT2D eigenvalue weighted by Gasteiger charge is -2.16. The number of aromatic nitrogens is 2. The SMILES string of the molecule is CCc1ccc2c(-c3cccc(Cl)c3)c(C(=O)NCC(=O)O)c(-c3ccco3)nn12. The van der Waals surface area contributed by atoms with Crippen molar-refractivity contribution in [3.05, 3.63) is 71.1 Å². The molecule has 0 aliphatic carbocycles. The number of fused-ring (bicyclic) bond motifs is 1. The summed E-state index contributed by atoms with van der Waals surface area (Å²) in [5.74, 6) is -1.30. The molecule has 0 saturated heterocycles. The van der Waals surface area contributed by atoms with Gasteiger partial charge >= 0.3 is 5.97 Å². The normalized spacial score (nSPS) is 11.0. The first-order valence-electron chi connectivity index (χ1n) is 9.34. The van der Waals surface area contributed by atoms with Crippen molar-refractivity contribution in [2.45, 2.75) is 13.3 Å². The number of aryl methyl sites for hydroxylation is 1. The fraction of sp³-hybridized carbons (Fsp3) is 0.136. The first kappa shape index (κ1) is 19.7. The number of nitrogens with zero attached hydrogens (tertiary/aromatic N) is 2. The largest absolute Gasteiger partial charge is 0.480 e. The van der Waals surface area contributed by atoms with Crippen molar-refractivity contribution in [3.8, 4) is 22.6 Å². The minimum Gasteiger partial charge on any atom is -0.480 e. The minimum absolute atomic E-state index is 0.224. The number of rotatable bonds is 6. The van der Waals surface area contributed by atoms with E-state index in [-0.39, 0.29) is 5.56 Å². The average Bonchev–Trinajstić information content (AvgIpc) is 3.40. The molecule has 2 N–H and O–H groups in total. The van der Waals surface area contributed by atoms with Gasteiger partial charge in [0.2, 0.25) is 0 Å². The van der Waals surface area contributed by atoms with Crippen molar-refractivity contribution in [2.75, 3.05) is 6.54 Å². The molecule has 7 nitrogen and oxygen atoms in total. The van der Waals surface area contributed by atoms with Crippen LogP contribution in [-0.4, -0.2) is 33.1 Å². The molecule has 0 radical (unpaired) electrons. The molecular weight excluding hydrogens is 406 g/mol. The molecule has 3 aromatic heterocycles. The number of halogens is 1. The number of benzene rings is 1. The van der Waals surface area contributed by atoms with Crippen molar-refractivity contribution in [1.82, 2.24) is 14.9 Å². The van der Waals surface area contributed by atoms with E-state index in [0.29, 0.717) is 33.1 Å². The number of amides is 1. The highest BCUT2D eigenvalue weighted by atomic mass is 35.5. The van der Waals surface area contributed by atoms with Crippen LogP contribution in [0, 0.1) is 0 Å².